The van der Waals surface area contributed by atoms with Crippen molar-refractivity contribution in [3.63, 3.8) is 0 Å². The van der Waals surface area contributed by atoms with Gasteiger partial charge >= 0.3 is 5.69 Å². The summed E-state index contributed by atoms with van der Waals surface area (Å²) in [4.78, 5) is 26.8. The van der Waals surface area contributed by atoms with Crippen molar-refractivity contribution in [2.75, 3.05) is 0 Å². The number of ketones is 1. The number of hydrogen-bond donors (Lipinski definition) is 1. The number of Topliss-reactive ketones (excluding diaryl/α,β-unsaturated/α-hetero) is 1. The molecule has 0 saturated heterocycles. The zero-order valence-electron chi connectivity index (χ0n) is 24.3. The molecular weight excluding hydrogens is 512 g/mol. The Hall–Kier alpha value is -4.59. The SMILES string of the molecule is CCCCc1cn(-c2c(C(C)=O)cccc2C(C)(C)C)c(=O)n1Cc1ccc(-c2ccccc2-c2nn[nH]n2)cc1. The van der Waals surface area contributed by atoms with Crippen molar-refractivity contribution in [3.05, 3.63) is 106 Å². The Labute approximate surface area is 240 Å². The van der Waals surface area contributed by atoms with Crippen molar-refractivity contribution in [1.29, 1.82) is 0 Å². The largest absolute Gasteiger partial charge is 0.333 e. The molecule has 0 saturated carbocycles. The van der Waals surface area contributed by atoms with E-state index in [0.717, 1.165) is 52.8 Å². The van der Waals surface area contributed by atoms with Crippen LogP contribution in [0.4, 0.5) is 0 Å². The van der Waals surface area contributed by atoms with Gasteiger partial charge in [0.05, 0.1) is 12.2 Å². The number of aromatic amines is 1. The van der Waals surface area contributed by atoms with E-state index in [1.807, 2.05) is 53.2 Å². The molecule has 8 heteroatoms. The van der Waals surface area contributed by atoms with Gasteiger partial charge in [0.1, 0.15) is 0 Å². The van der Waals surface area contributed by atoms with Gasteiger partial charge in [-0.05, 0) is 58.7 Å². The van der Waals surface area contributed by atoms with Crippen molar-refractivity contribution in [2.24, 2.45) is 0 Å². The first-order valence-corrected chi connectivity index (χ1v) is 14.1. The Kier molecular flexibility index (Phi) is 7.83. The van der Waals surface area contributed by atoms with Crippen LogP contribution in [0.2, 0.25) is 0 Å². The monoisotopic (exact) mass is 548 g/mol. The lowest BCUT2D eigenvalue weighted by molar-refractivity contribution is 0.101. The molecule has 210 valence electrons. The van der Waals surface area contributed by atoms with E-state index in [1.54, 1.807) is 11.5 Å². The molecule has 0 fully saturated rings. The van der Waals surface area contributed by atoms with Crippen LogP contribution >= 0.6 is 0 Å². The molecular formula is C33H36N6O2. The average Bonchev–Trinajstić information content (AvgIpc) is 3.60. The number of para-hydroxylation sites is 1. The van der Waals surface area contributed by atoms with Crippen molar-refractivity contribution in [2.45, 2.75) is 65.8 Å². The summed E-state index contributed by atoms with van der Waals surface area (Å²) < 4.78 is 3.54. The van der Waals surface area contributed by atoms with Crippen LogP contribution in [0.5, 0.6) is 0 Å². The second-order valence-corrected chi connectivity index (χ2v) is 11.4. The fourth-order valence-corrected chi connectivity index (χ4v) is 5.28. The summed E-state index contributed by atoms with van der Waals surface area (Å²) in [6, 6.07) is 21.9. The minimum atomic E-state index is -0.250. The first kappa shape index (κ1) is 28.0. The third-order valence-corrected chi connectivity index (χ3v) is 7.43. The molecule has 1 N–H and O–H groups in total. The average molecular weight is 549 g/mol. The maximum absolute atomic E-state index is 14.1. The van der Waals surface area contributed by atoms with E-state index >= 15 is 0 Å². The Morgan fingerprint density at radius 3 is 2.32 bits per heavy atom. The highest BCUT2D eigenvalue weighted by Gasteiger charge is 2.25. The zero-order valence-corrected chi connectivity index (χ0v) is 24.3. The molecule has 0 amide bonds. The first-order valence-electron chi connectivity index (χ1n) is 14.1. The lowest BCUT2D eigenvalue weighted by Crippen LogP contribution is -2.28. The normalized spacial score (nSPS) is 11.6. The van der Waals surface area contributed by atoms with Crippen LogP contribution in [0.15, 0.2) is 77.7 Å². The van der Waals surface area contributed by atoms with E-state index < -0.39 is 0 Å². The fourth-order valence-electron chi connectivity index (χ4n) is 5.28. The summed E-state index contributed by atoms with van der Waals surface area (Å²) in [5.41, 5.74) is 6.71. The molecule has 0 spiro atoms. The van der Waals surface area contributed by atoms with Crippen molar-refractivity contribution in [3.8, 4) is 28.2 Å². The molecule has 0 atom stereocenters. The molecule has 0 radical (unpaired) electrons. The van der Waals surface area contributed by atoms with E-state index in [1.165, 1.54) is 0 Å². The van der Waals surface area contributed by atoms with Gasteiger partial charge in [0, 0.05) is 23.0 Å². The number of carbonyl (C=O) groups is 1. The molecule has 41 heavy (non-hydrogen) atoms. The maximum atomic E-state index is 14.1. The molecule has 0 aliphatic rings. The molecule has 2 aromatic heterocycles. The Bertz CT molecular complexity index is 1720. The number of benzene rings is 3. The van der Waals surface area contributed by atoms with Gasteiger partial charge in [-0.25, -0.2) is 4.79 Å². The number of hydrogen-bond acceptors (Lipinski definition) is 5. The van der Waals surface area contributed by atoms with Crippen LogP contribution in [0.25, 0.3) is 28.2 Å². The summed E-state index contributed by atoms with van der Waals surface area (Å²) in [6.07, 6.45) is 4.70. The molecule has 0 bridgehead atoms. The maximum Gasteiger partial charge on any atom is 0.333 e. The molecule has 2 heterocycles. The van der Waals surface area contributed by atoms with Gasteiger partial charge in [-0.1, -0.05) is 94.8 Å². The summed E-state index contributed by atoms with van der Waals surface area (Å²) in [5.74, 6) is 0.483. The van der Waals surface area contributed by atoms with Crippen LogP contribution in [0.1, 0.15) is 74.6 Å². The number of nitrogens with zero attached hydrogens (tertiary/aromatic N) is 5. The van der Waals surface area contributed by atoms with Gasteiger partial charge in [-0.2, -0.15) is 5.21 Å². The highest BCUT2D eigenvalue weighted by atomic mass is 16.2. The van der Waals surface area contributed by atoms with Crippen LogP contribution < -0.4 is 5.69 Å². The third-order valence-electron chi connectivity index (χ3n) is 7.43. The second kappa shape index (κ2) is 11.5. The van der Waals surface area contributed by atoms with Gasteiger partial charge in [0.2, 0.25) is 5.82 Å². The number of tetrazole rings is 1. The summed E-state index contributed by atoms with van der Waals surface area (Å²) in [7, 11) is 0. The van der Waals surface area contributed by atoms with Gasteiger partial charge in [0.15, 0.2) is 5.78 Å². The molecule has 8 nitrogen and oxygen atoms in total. The van der Waals surface area contributed by atoms with Crippen molar-refractivity contribution >= 4 is 5.78 Å². The summed E-state index contributed by atoms with van der Waals surface area (Å²) >= 11 is 0. The molecule has 5 aromatic rings. The van der Waals surface area contributed by atoms with E-state index in [2.05, 4.69) is 72.6 Å². The number of rotatable bonds is 9. The smallest absolute Gasteiger partial charge is 0.294 e. The first-order chi connectivity index (χ1) is 19.7. The Morgan fingerprint density at radius 2 is 1.68 bits per heavy atom. The van der Waals surface area contributed by atoms with Crippen LogP contribution in [0, 0.1) is 0 Å². The van der Waals surface area contributed by atoms with Gasteiger partial charge in [-0.15, -0.1) is 10.2 Å². The Balaban J connectivity index is 1.56. The van der Waals surface area contributed by atoms with Crippen molar-refractivity contribution < 1.29 is 4.79 Å². The minimum absolute atomic E-state index is 0.0578. The van der Waals surface area contributed by atoms with E-state index in [4.69, 9.17) is 0 Å². The minimum Gasteiger partial charge on any atom is -0.294 e. The number of aromatic nitrogens is 6. The van der Waals surface area contributed by atoms with Crippen LogP contribution in [0.3, 0.4) is 0 Å². The molecule has 3 aromatic carbocycles. The number of aryl methyl sites for hydroxylation is 1. The van der Waals surface area contributed by atoms with E-state index in [9.17, 15) is 9.59 Å². The topological polar surface area (TPSA) is 98.5 Å². The standard InChI is InChI=1S/C33H36N6O2/c1-6-7-11-25-21-39(30-26(22(2)40)14-10-15-29(30)33(3,4)5)32(41)38(25)20-23-16-18-24(19-17-23)27-12-8-9-13-28(27)31-34-36-37-35-31/h8-10,12-19,21H,6-7,11,20H2,1-5H3,(H,34,35,36,37). The highest BCUT2D eigenvalue weighted by molar-refractivity contribution is 5.98. The number of carbonyl (C=O) groups excluding carboxylic acids is 1. The van der Waals surface area contributed by atoms with Crippen molar-refractivity contribution in [1.82, 2.24) is 29.8 Å². The summed E-state index contributed by atoms with van der Waals surface area (Å²) in [6.45, 7) is 10.5. The number of H-pyrrole nitrogens is 1. The predicted octanol–water partition coefficient (Wildman–Crippen LogP) is 6.38. The number of imidazole rings is 1. The van der Waals surface area contributed by atoms with E-state index in [0.29, 0.717) is 23.6 Å². The van der Waals surface area contributed by atoms with Gasteiger partial charge in [-0.3, -0.25) is 13.9 Å². The number of unbranched alkanes of at least 4 members (excludes halogenated alkanes) is 1. The van der Waals surface area contributed by atoms with Gasteiger partial charge < -0.3 is 0 Å². The van der Waals surface area contributed by atoms with Gasteiger partial charge in [0.25, 0.3) is 0 Å². The lowest BCUT2D eigenvalue weighted by atomic mass is 9.84. The van der Waals surface area contributed by atoms with Crippen LogP contribution in [-0.4, -0.2) is 35.5 Å². The van der Waals surface area contributed by atoms with Crippen LogP contribution in [-0.2, 0) is 18.4 Å². The molecule has 5 rings (SSSR count). The third kappa shape index (κ3) is 5.68. The zero-order chi connectivity index (χ0) is 29.1. The lowest BCUT2D eigenvalue weighted by Gasteiger charge is -2.24. The predicted molar refractivity (Wildman–Crippen MR) is 161 cm³/mol. The highest BCUT2D eigenvalue weighted by Crippen LogP contribution is 2.32. The molecule has 0 unspecified atom stereocenters. The molecule has 0 aliphatic carbocycles. The molecule has 0 aliphatic heterocycles. The number of nitrogens with one attached hydrogen (secondary N) is 1. The van der Waals surface area contributed by atoms with E-state index in [-0.39, 0.29) is 16.9 Å². The fraction of sp³-hybridized carbons (Fsp3) is 0.303. The second-order valence-electron chi connectivity index (χ2n) is 11.4. The summed E-state index contributed by atoms with van der Waals surface area (Å²) in [5, 5.41) is 14.5. The quantitative estimate of drug-likeness (QED) is 0.216. The Morgan fingerprint density at radius 1 is 0.951 bits per heavy atom.